The third kappa shape index (κ3) is 4.15. The SMILES string of the molecule is NCCC(Sc1cc(Cl)ccc1Cl)c1ccccc1. The zero-order valence-corrected chi connectivity index (χ0v) is 12.7. The van der Waals surface area contributed by atoms with Crippen LogP contribution in [0.2, 0.25) is 10.0 Å². The first-order valence-corrected chi connectivity index (χ1v) is 7.71. The highest BCUT2D eigenvalue weighted by molar-refractivity contribution is 7.99. The second kappa shape index (κ2) is 7.20. The van der Waals surface area contributed by atoms with Gasteiger partial charge in [0.2, 0.25) is 0 Å². The normalized spacial score (nSPS) is 12.4. The van der Waals surface area contributed by atoms with Crippen molar-refractivity contribution in [3.63, 3.8) is 0 Å². The minimum absolute atomic E-state index is 0.294. The topological polar surface area (TPSA) is 26.0 Å². The maximum absolute atomic E-state index is 6.22. The first-order chi connectivity index (χ1) is 9.20. The van der Waals surface area contributed by atoms with E-state index in [1.54, 1.807) is 17.8 Å². The second-order valence-electron chi connectivity index (χ2n) is 4.17. The van der Waals surface area contributed by atoms with Crippen molar-refractivity contribution in [2.24, 2.45) is 5.73 Å². The van der Waals surface area contributed by atoms with Gasteiger partial charge in [0.15, 0.2) is 0 Å². The van der Waals surface area contributed by atoms with Crippen molar-refractivity contribution >= 4 is 35.0 Å². The van der Waals surface area contributed by atoms with Gasteiger partial charge in [0.05, 0.1) is 5.02 Å². The summed E-state index contributed by atoms with van der Waals surface area (Å²) in [4.78, 5) is 0.997. The Morgan fingerprint density at radius 3 is 2.47 bits per heavy atom. The molecule has 0 aliphatic rings. The fourth-order valence-corrected chi connectivity index (χ4v) is 3.55. The standard InChI is InChI=1S/C15H15Cl2NS/c16-12-6-7-13(17)15(10-12)19-14(8-9-18)11-4-2-1-3-5-11/h1-7,10,14H,8-9,18H2. The maximum atomic E-state index is 6.22. The Morgan fingerprint density at radius 1 is 1.05 bits per heavy atom. The molecule has 0 radical (unpaired) electrons. The summed E-state index contributed by atoms with van der Waals surface area (Å²) in [5.74, 6) is 0. The summed E-state index contributed by atoms with van der Waals surface area (Å²) in [7, 11) is 0. The quantitative estimate of drug-likeness (QED) is 0.770. The van der Waals surface area contributed by atoms with Gasteiger partial charge in [-0.25, -0.2) is 0 Å². The van der Waals surface area contributed by atoms with Crippen LogP contribution in [0.3, 0.4) is 0 Å². The third-order valence-corrected chi connectivity index (χ3v) is 4.82. The molecule has 4 heteroatoms. The van der Waals surface area contributed by atoms with Crippen LogP contribution < -0.4 is 5.73 Å². The van der Waals surface area contributed by atoms with Crippen LogP contribution >= 0.6 is 35.0 Å². The van der Waals surface area contributed by atoms with E-state index in [4.69, 9.17) is 28.9 Å². The second-order valence-corrected chi connectivity index (χ2v) is 6.26. The van der Waals surface area contributed by atoms with Gasteiger partial charge in [0.1, 0.15) is 0 Å². The molecule has 19 heavy (non-hydrogen) atoms. The fourth-order valence-electron chi connectivity index (χ4n) is 1.83. The number of rotatable bonds is 5. The van der Waals surface area contributed by atoms with Gasteiger partial charge in [-0.05, 0) is 36.7 Å². The lowest BCUT2D eigenvalue weighted by atomic mass is 10.1. The van der Waals surface area contributed by atoms with Gasteiger partial charge in [-0.1, -0.05) is 53.5 Å². The molecule has 1 nitrogen and oxygen atoms in total. The Kier molecular flexibility index (Phi) is 5.59. The van der Waals surface area contributed by atoms with E-state index in [9.17, 15) is 0 Å². The molecule has 0 amide bonds. The highest BCUT2D eigenvalue weighted by atomic mass is 35.5. The Balaban J connectivity index is 2.24. The number of hydrogen-bond acceptors (Lipinski definition) is 2. The van der Waals surface area contributed by atoms with Crippen molar-refractivity contribution in [1.82, 2.24) is 0 Å². The maximum Gasteiger partial charge on any atom is 0.0543 e. The summed E-state index contributed by atoms with van der Waals surface area (Å²) in [6.45, 7) is 0.644. The molecule has 1 unspecified atom stereocenters. The van der Waals surface area contributed by atoms with E-state index in [-0.39, 0.29) is 0 Å². The van der Waals surface area contributed by atoms with Crippen LogP contribution in [-0.4, -0.2) is 6.54 Å². The molecule has 2 aromatic rings. The molecular weight excluding hydrogens is 297 g/mol. The molecule has 1 atom stereocenters. The molecule has 2 aromatic carbocycles. The fraction of sp³-hybridized carbons (Fsp3) is 0.200. The molecule has 0 aromatic heterocycles. The summed E-state index contributed by atoms with van der Waals surface area (Å²) < 4.78 is 0. The molecule has 2 rings (SSSR count). The summed E-state index contributed by atoms with van der Waals surface area (Å²) in [6, 6.07) is 15.9. The van der Waals surface area contributed by atoms with Crippen LogP contribution in [0, 0.1) is 0 Å². The molecular formula is C15H15Cl2NS. The van der Waals surface area contributed by atoms with E-state index in [0.717, 1.165) is 16.3 Å². The van der Waals surface area contributed by atoms with Crippen molar-refractivity contribution in [2.75, 3.05) is 6.54 Å². The summed E-state index contributed by atoms with van der Waals surface area (Å²) in [6.07, 6.45) is 0.900. The van der Waals surface area contributed by atoms with Crippen LogP contribution in [0.25, 0.3) is 0 Å². The Morgan fingerprint density at radius 2 is 1.79 bits per heavy atom. The Hall–Kier alpha value is -0.670. The van der Waals surface area contributed by atoms with Crippen molar-refractivity contribution < 1.29 is 0 Å². The summed E-state index contributed by atoms with van der Waals surface area (Å²) >= 11 is 14.0. The molecule has 0 fully saturated rings. The number of halogens is 2. The largest absolute Gasteiger partial charge is 0.330 e. The van der Waals surface area contributed by atoms with Crippen molar-refractivity contribution in [3.8, 4) is 0 Å². The molecule has 100 valence electrons. The lowest BCUT2D eigenvalue weighted by molar-refractivity contribution is 0.814. The van der Waals surface area contributed by atoms with E-state index in [0.29, 0.717) is 16.8 Å². The smallest absolute Gasteiger partial charge is 0.0543 e. The van der Waals surface area contributed by atoms with E-state index in [2.05, 4.69) is 12.1 Å². The first-order valence-electron chi connectivity index (χ1n) is 6.07. The number of benzene rings is 2. The zero-order chi connectivity index (χ0) is 13.7. The van der Waals surface area contributed by atoms with Gasteiger partial charge in [-0.3, -0.25) is 0 Å². The molecule has 0 aliphatic heterocycles. The molecule has 0 spiro atoms. The predicted octanol–water partition coefficient (Wildman–Crippen LogP) is 5.18. The van der Waals surface area contributed by atoms with Gasteiger partial charge in [-0.15, -0.1) is 11.8 Å². The number of hydrogen-bond donors (Lipinski definition) is 1. The average molecular weight is 312 g/mol. The number of nitrogens with two attached hydrogens (primary N) is 1. The van der Waals surface area contributed by atoms with Crippen LogP contribution in [0.1, 0.15) is 17.2 Å². The Bertz CT molecular complexity index is 531. The number of thioether (sulfide) groups is 1. The summed E-state index contributed by atoms with van der Waals surface area (Å²) in [5.41, 5.74) is 6.97. The highest BCUT2D eigenvalue weighted by Gasteiger charge is 2.14. The van der Waals surface area contributed by atoms with Gasteiger partial charge in [-0.2, -0.15) is 0 Å². The van der Waals surface area contributed by atoms with E-state index < -0.39 is 0 Å². The van der Waals surface area contributed by atoms with Crippen LogP contribution in [0.15, 0.2) is 53.4 Å². The van der Waals surface area contributed by atoms with E-state index in [1.165, 1.54) is 5.56 Å². The van der Waals surface area contributed by atoms with Gasteiger partial charge in [0.25, 0.3) is 0 Å². The van der Waals surface area contributed by atoms with Gasteiger partial charge >= 0.3 is 0 Å². The summed E-state index contributed by atoms with van der Waals surface area (Å²) in [5, 5.41) is 1.72. The molecule has 0 saturated heterocycles. The van der Waals surface area contributed by atoms with E-state index >= 15 is 0 Å². The van der Waals surface area contributed by atoms with Crippen molar-refractivity contribution in [3.05, 3.63) is 64.1 Å². The highest BCUT2D eigenvalue weighted by Crippen LogP contribution is 2.41. The molecule has 0 saturated carbocycles. The zero-order valence-electron chi connectivity index (χ0n) is 10.4. The monoisotopic (exact) mass is 311 g/mol. The molecule has 0 aliphatic carbocycles. The minimum atomic E-state index is 0.294. The predicted molar refractivity (Wildman–Crippen MR) is 85.2 cm³/mol. The molecule has 0 bridgehead atoms. The first kappa shape index (κ1) is 14.7. The van der Waals surface area contributed by atoms with Gasteiger partial charge < -0.3 is 5.73 Å². The lowest BCUT2D eigenvalue weighted by Gasteiger charge is -2.17. The molecule has 2 N–H and O–H groups in total. The van der Waals surface area contributed by atoms with Gasteiger partial charge in [0, 0.05) is 15.2 Å². The van der Waals surface area contributed by atoms with Crippen molar-refractivity contribution in [1.29, 1.82) is 0 Å². The van der Waals surface area contributed by atoms with Crippen molar-refractivity contribution in [2.45, 2.75) is 16.6 Å². The lowest BCUT2D eigenvalue weighted by Crippen LogP contribution is -2.04. The molecule has 0 heterocycles. The van der Waals surface area contributed by atoms with Crippen LogP contribution in [0.4, 0.5) is 0 Å². The van der Waals surface area contributed by atoms with E-state index in [1.807, 2.05) is 30.3 Å². The van der Waals surface area contributed by atoms with Crippen LogP contribution in [-0.2, 0) is 0 Å². The minimum Gasteiger partial charge on any atom is -0.330 e. The Labute approximate surface area is 128 Å². The average Bonchev–Trinajstić information content (AvgIpc) is 2.43. The van der Waals surface area contributed by atoms with Crippen LogP contribution in [0.5, 0.6) is 0 Å². The third-order valence-electron chi connectivity index (χ3n) is 2.76.